The molecule has 2 nitrogen and oxygen atoms in total. The zero-order valence-electron chi connectivity index (χ0n) is 9.03. The van der Waals surface area contributed by atoms with E-state index in [2.05, 4.69) is 5.32 Å². The van der Waals surface area contributed by atoms with Gasteiger partial charge in [0.05, 0.1) is 13.2 Å². The second-order valence-corrected chi connectivity index (χ2v) is 3.73. The summed E-state index contributed by atoms with van der Waals surface area (Å²) in [5.74, 6) is -1.81. The molecule has 0 fully saturated rings. The SMILES string of the molecule is CNCCOCCc1cc(F)c(F)cc1Cl. The maximum atomic E-state index is 12.9. The lowest BCUT2D eigenvalue weighted by Crippen LogP contribution is -2.15. The fourth-order valence-corrected chi connectivity index (χ4v) is 1.46. The van der Waals surface area contributed by atoms with E-state index in [1.807, 2.05) is 7.05 Å². The van der Waals surface area contributed by atoms with E-state index in [9.17, 15) is 8.78 Å². The fraction of sp³-hybridized carbons (Fsp3) is 0.455. The summed E-state index contributed by atoms with van der Waals surface area (Å²) >= 11 is 5.77. The normalized spacial score (nSPS) is 10.8. The highest BCUT2D eigenvalue weighted by molar-refractivity contribution is 6.31. The van der Waals surface area contributed by atoms with E-state index in [0.29, 0.717) is 25.2 Å². The molecule has 0 heterocycles. The second-order valence-electron chi connectivity index (χ2n) is 3.32. The number of hydrogen-bond donors (Lipinski definition) is 1. The molecule has 1 N–H and O–H groups in total. The first-order valence-electron chi connectivity index (χ1n) is 5.01. The van der Waals surface area contributed by atoms with Crippen molar-refractivity contribution in [2.24, 2.45) is 0 Å². The molecule has 0 spiro atoms. The van der Waals surface area contributed by atoms with Crippen LogP contribution < -0.4 is 5.32 Å². The van der Waals surface area contributed by atoms with Crippen LogP contribution in [0.2, 0.25) is 5.02 Å². The van der Waals surface area contributed by atoms with Crippen LogP contribution in [0, 0.1) is 11.6 Å². The molecule has 0 aliphatic carbocycles. The minimum absolute atomic E-state index is 0.233. The van der Waals surface area contributed by atoms with Gasteiger partial charge >= 0.3 is 0 Å². The van der Waals surface area contributed by atoms with Gasteiger partial charge in [0.25, 0.3) is 0 Å². The summed E-state index contributed by atoms with van der Waals surface area (Å²) in [6, 6.07) is 2.10. The van der Waals surface area contributed by atoms with Gasteiger partial charge in [-0.25, -0.2) is 8.78 Å². The molecule has 0 aromatic heterocycles. The van der Waals surface area contributed by atoms with Crippen molar-refractivity contribution in [2.45, 2.75) is 6.42 Å². The van der Waals surface area contributed by atoms with Crippen LogP contribution in [0.4, 0.5) is 8.78 Å². The maximum Gasteiger partial charge on any atom is 0.160 e. The Hall–Kier alpha value is -0.710. The van der Waals surface area contributed by atoms with Gasteiger partial charge in [0.2, 0.25) is 0 Å². The Morgan fingerprint density at radius 3 is 2.62 bits per heavy atom. The molecule has 16 heavy (non-hydrogen) atoms. The lowest BCUT2D eigenvalue weighted by Gasteiger charge is -2.06. The van der Waals surface area contributed by atoms with Crippen molar-refractivity contribution < 1.29 is 13.5 Å². The number of benzene rings is 1. The first-order valence-corrected chi connectivity index (χ1v) is 5.38. The van der Waals surface area contributed by atoms with Crippen LogP contribution in [0.5, 0.6) is 0 Å². The predicted octanol–water partition coefficient (Wildman–Crippen LogP) is 2.40. The highest BCUT2D eigenvalue weighted by Crippen LogP contribution is 2.20. The van der Waals surface area contributed by atoms with Gasteiger partial charge in [-0.1, -0.05) is 11.6 Å². The third kappa shape index (κ3) is 4.04. The van der Waals surface area contributed by atoms with Crippen molar-refractivity contribution in [3.05, 3.63) is 34.4 Å². The molecular formula is C11H14ClF2NO. The van der Waals surface area contributed by atoms with Crippen LogP contribution in [0.3, 0.4) is 0 Å². The molecule has 1 aromatic rings. The van der Waals surface area contributed by atoms with E-state index in [-0.39, 0.29) is 5.02 Å². The van der Waals surface area contributed by atoms with E-state index in [4.69, 9.17) is 16.3 Å². The Labute approximate surface area is 98.6 Å². The zero-order valence-corrected chi connectivity index (χ0v) is 9.78. The molecule has 0 saturated carbocycles. The van der Waals surface area contributed by atoms with E-state index >= 15 is 0 Å². The first kappa shape index (κ1) is 13.4. The average Bonchev–Trinajstić information content (AvgIpc) is 2.25. The molecule has 1 aromatic carbocycles. The number of nitrogens with one attached hydrogen (secondary N) is 1. The molecule has 1 rings (SSSR count). The van der Waals surface area contributed by atoms with Gasteiger partial charge in [-0.3, -0.25) is 0 Å². The van der Waals surface area contributed by atoms with E-state index in [0.717, 1.165) is 18.7 Å². The largest absolute Gasteiger partial charge is 0.380 e. The average molecular weight is 250 g/mol. The molecule has 0 saturated heterocycles. The van der Waals surface area contributed by atoms with Gasteiger partial charge in [-0.15, -0.1) is 0 Å². The fourth-order valence-electron chi connectivity index (χ4n) is 1.21. The molecule has 0 atom stereocenters. The summed E-state index contributed by atoms with van der Waals surface area (Å²) in [5, 5.41) is 3.17. The van der Waals surface area contributed by atoms with Gasteiger partial charge in [-0.2, -0.15) is 0 Å². The number of halogens is 3. The third-order valence-electron chi connectivity index (χ3n) is 2.10. The van der Waals surface area contributed by atoms with Gasteiger partial charge < -0.3 is 10.1 Å². The number of rotatable bonds is 6. The molecule has 5 heteroatoms. The molecule has 90 valence electrons. The van der Waals surface area contributed by atoms with Gasteiger partial charge in [0.15, 0.2) is 11.6 Å². The molecule has 0 radical (unpaired) electrons. The Bertz CT molecular complexity index is 347. The quantitative estimate of drug-likeness (QED) is 0.618. The lowest BCUT2D eigenvalue weighted by molar-refractivity contribution is 0.140. The molecule has 0 aliphatic heterocycles. The molecule has 0 bridgehead atoms. The molecular weight excluding hydrogens is 236 g/mol. The van der Waals surface area contributed by atoms with E-state index in [1.54, 1.807) is 0 Å². The second kappa shape index (κ2) is 6.78. The van der Waals surface area contributed by atoms with Crippen LogP contribution in [0.25, 0.3) is 0 Å². The highest BCUT2D eigenvalue weighted by atomic mass is 35.5. The molecule has 0 amide bonds. The lowest BCUT2D eigenvalue weighted by atomic mass is 10.1. The van der Waals surface area contributed by atoms with Crippen molar-refractivity contribution in [1.82, 2.24) is 5.32 Å². The van der Waals surface area contributed by atoms with Crippen molar-refractivity contribution in [2.75, 3.05) is 26.8 Å². The smallest absolute Gasteiger partial charge is 0.160 e. The summed E-state index contributed by atoms with van der Waals surface area (Å²) in [4.78, 5) is 0. The maximum absolute atomic E-state index is 12.9. The summed E-state index contributed by atoms with van der Waals surface area (Å²) in [6.45, 7) is 1.77. The van der Waals surface area contributed by atoms with Crippen LogP contribution in [0.15, 0.2) is 12.1 Å². The monoisotopic (exact) mass is 249 g/mol. The zero-order chi connectivity index (χ0) is 12.0. The number of likely N-dealkylation sites (N-methyl/N-ethyl adjacent to an activating group) is 1. The van der Waals surface area contributed by atoms with Crippen molar-refractivity contribution >= 4 is 11.6 Å². The van der Waals surface area contributed by atoms with E-state index < -0.39 is 11.6 Å². The van der Waals surface area contributed by atoms with Gasteiger partial charge in [0.1, 0.15) is 0 Å². The minimum atomic E-state index is -0.926. The number of ether oxygens (including phenoxy) is 1. The van der Waals surface area contributed by atoms with Crippen LogP contribution in [0.1, 0.15) is 5.56 Å². The van der Waals surface area contributed by atoms with Crippen molar-refractivity contribution in [1.29, 1.82) is 0 Å². The standard InChI is InChI=1S/C11H14ClF2NO/c1-15-3-5-16-4-2-8-6-10(13)11(14)7-9(8)12/h6-7,15H,2-5H2,1H3. The number of hydrogen-bond acceptors (Lipinski definition) is 2. The topological polar surface area (TPSA) is 21.3 Å². The Morgan fingerprint density at radius 1 is 1.25 bits per heavy atom. The van der Waals surface area contributed by atoms with Crippen LogP contribution >= 0.6 is 11.6 Å². The van der Waals surface area contributed by atoms with Crippen molar-refractivity contribution in [3.63, 3.8) is 0 Å². The summed E-state index contributed by atoms with van der Waals surface area (Å²) in [5.41, 5.74) is 0.560. The Kier molecular flexibility index (Phi) is 5.66. The van der Waals surface area contributed by atoms with Crippen LogP contribution in [-0.4, -0.2) is 26.8 Å². The highest BCUT2D eigenvalue weighted by Gasteiger charge is 2.07. The minimum Gasteiger partial charge on any atom is -0.380 e. The third-order valence-corrected chi connectivity index (χ3v) is 2.45. The molecule has 0 aliphatic rings. The van der Waals surface area contributed by atoms with Gasteiger partial charge in [0, 0.05) is 11.6 Å². The predicted molar refractivity (Wildman–Crippen MR) is 59.8 cm³/mol. The summed E-state index contributed by atoms with van der Waals surface area (Å²) in [7, 11) is 1.83. The van der Waals surface area contributed by atoms with Gasteiger partial charge in [-0.05, 0) is 31.2 Å². The molecule has 0 unspecified atom stereocenters. The summed E-state index contributed by atoms with van der Waals surface area (Å²) in [6.07, 6.45) is 0.472. The van der Waals surface area contributed by atoms with E-state index in [1.165, 1.54) is 0 Å². The Balaban J connectivity index is 2.45. The van der Waals surface area contributed by atoms with Crippen LogP contribution in [-0.2, 0) is 11.2 Å². The Morgan fingerprint density at radius 2 is 1.94 bits per heavy atom. The first-order chi connectivity index (χ1) is 7.65. The summed E-state index contributed by atoms with van der Waals surface area (Å²) < 4.78 is 30.9. The van der Waals surface area contributed by atoms with Crippen molar-refractivity contribution in [3.8, 4) is 0 Å².